The van der Waals surface area contributed by atoms with Gasteiger partial charge in [-0.1, -0.05) is 26.3 Å². The van der Waals surface area contributed by atoms with Crippen LogP contribution in [0.5, 0.6) is 0 Å². The third-order valence-corrected chi connectivity index (χ3v) is 7.49. The molecule has 7 atom stereocenters. The van der Waals surface area contributed by atoms with Crippen molar-refractivity contribution in [3.05, 3.63) is 12.7 Å². The Morgan fingerprint density at radius 1 is 1.42 bits per heavy atom. The molecule has 0 aromatic heterocycles. The number of aliphatic hydroxyl groups is 1. The van der Waals surface area contributed by atoms with E-state index >= 15 is 0 Å². The fraction of sp³-hybridized carbons (Fsp3) is 0.783. The minimum absolute atomic E-state index is 0.0672. The number of hydrogen-bond donors (Lipinski definition) is 2. The number of carbonyl (C=O) groups excluding carboxylic acids is 2. The number of fused-ring (bicyclic) bond motifs is 1. The van der Waals surface area contributed by atoms with E-state index < -0.39 is 47.1 Å². The maximum absolute atomic E-state index is 14.0. The molecule has 31 heavy (non-hydrogen) atoms. The summed E-state index contributed by atoms with van der Waals surface area (Å²) in [5, 5.41) is 20.1. The molecule has 0 unspecified atom stereocenters. The number of carboxylic acid groups (broad SMARTS) is 1. The molecule has 3 aliphatic heterocycles. The third-order valence-electron chi connectivity index (χ3n) is 7.49. The number of carbonyl (C=O) groups is 3. The fourth-order valence-corrected chi connectivity index (χ4v) is 5.79. The van der Waals surface area contributed by atoms with Crippen LogP contribution in [0.15, 0.2) is 12.7 Å². The number of aliphatic hydroxyl groups excluding tert-OH is 1. The van der Waals surface area contributed by atoms with Gasteiger partial charge >= 0.3 is 5.97 Å². The van der Waals surface area contributed by atoms with Gasteiger partial charge in [0.2, 0.25) is 11.8 Å². The average molecular weight is 437 g/mol. The largest absolute Gasteiger partial charge is 0.481 e. The number of hydrogen-bond acceptors (Lipinski definition) is 5. The topological polar surface area (TPSA) is 107 Å². The zero-order valence-electron chi connectivity index (χ0n) is 19.2. The average Bonchev–Trinajstić information content (AvgIpc) is 3.33. The Hall–Kier alpha value is -1.93. The monoisotopic (exact) mass is 436 g/mol. The van der Waals surface area contributed by atoms with Gasteiger partial charge in [-0.15, -0.1) is 6.58 Å². The van der Waals surface area contributed by atoms with Crippen molar-refractivity contribution in [1.29, 1.82) is 0 Å². The minimum Gasteiger partial charge on any atom is -0.481 e. The van der Waals surface area contributed by atoms with Crippen LogP contribution in [0.2, 0.25) is 0 Å². The summed E-state index contributed by atoms with van der Waals surface area (Å²) >= 11 is 0. The van der Waals surface area contributed by atoms with Gasteiger partial charge in [-0.2, -0.15) is 0 Å². The minimum atomic E-state index is -1.17. The van der Waals surface area contributed by atoms with Crippen molar-refractivity contribution in [2.24, 2.45) is 17.8 Å². The summed E-state index contributed by atoms with van der Waals surface area (Å²) in [5.74, 6) is -3.69. The van der Waals surface area contributed by atoms with Crippen LogP contribution in [0.25, 0.3) is 0 Å². The van der Waals surface area contributed by atoms with E-state index in [0.717, 1.165) is 0 Å². The third kappa shape index (κ3) is 3.48. The van der Waals surface area contributed by atoms with Crippen molar-refractivity contribution >= 4 is 17.8 Å². The smallest absolute Gasteiger partial charge is 0.310 e. The van der Waals surface area contributed by atoms with Crippen molar-refractivity contribution in [2.75, 3.05) is 13.2 Å². The Labute approximate surface area is 184 Å². The van der Waals surface area contributed by atoms with Crippen LogP contribution >= 0.6 is 0 Å². The standard InChI is InChI=1S/C23H36N2O6/c1-7-11-24(22(4,5)6)20(28)18-23-10-9-15(31-23)16(21(29)30)17(23)19(27)25(18)14(12-26)13(3)8-2/h7,13-18,26H,1,8-12H2,2-6H3,(H,29,30)/t13-,14-,15+,16-,17-,18+,23-/m0/s1. The van der Waals surface area contributed by atoms with Crippen LogP contribution in [0.3, 0.4) is 0 Å². The van der Waals surface area contributed by atoms with E-state index in [0.29, 0.717) is 25.8 Å². The van der Waals surface area contributed by atoms with Gasteiger partial charge in [0, 0.05) is 12.1 Å². The van der Waals surface area contributed by atoms with Gasteiger partial charge in [-0.3, -0.25) is 14.4 Å². The van der Waals surface area contributed by atoms with Crippen LogP contribution in [-0.4, -0.2) is 80.3 Å². The summed E-state index contributed by atoms with van der Waals surface area (Å²) in [6.07, 6.45) is 2.74. The first-order valence-corrected chi connectivity index (χ1v) is 11.2. The van der Waals surface area contributed by atoms with Crippen LogP contribution in [-0.2, 0) is 19.1 Å². The lowest BCUT2D eigenvalue weighted by Crippen LogP contribution is -2.62. The van der Waals surface area contributed by atoms with E-state index in [1.807, 2.05) is 34.6 Å². The lowest BCUT2D eigenvalue weighted by molar-refractivity contribution is -0.156. The van der Waals surface area contributed by atoms with Gasteiger partial charge in [0.05, 0.1) is 30.6 Å². The highest BCUT2D eigenvalue weighted by molar-refractivity contribution is 5.98. The van der Waals surface area contributed by atoms with Gasteiger partial charge < -0.3 is 24.7 Å². The second-order valence-corrected chi connectivity index (χ2v) is 10.2. The predicted octanol–water partition coefficient (Wildman–Crippen LogP) is 1.67. The first-order valence-electron chi connectivity index (χ1n) is 11.2. The molecule has 1 spiro atoms. The molecule has 2 amide bonds. The van der Waals surface area contributed by atoms with Crippen molar-refractivity contribution in [1.82, 2.24) is 9.80 Å². The normalized spacial score (nSPS) is 33.9. The lowest BCUT2D eigenvalue weighted by atomic mass is 9.70. The Morgan fingerprint density at radius 2 is 2.06 bits per heavy atom. The van der Waals surface area contributed by atoms with E-state index in [9.17, 15) is 24.6 Å². The number of ether oxygens (including phenoxy) is 1. The molecule has 0 aromatic rings. The SMILES string of the molecule is C=CCN(C(=O)[C@H]1N([C@@H](CO)[C@@H](C)CC)C(=O)[C@@H]2[C@@H](C(=O)O)[C@H]3CC[C@]21O3)C(C)(C)C. The Kier molecular flexibility index (Phi) is 6.28. The first-order chi connectivity index (χ1) is 14.5. The quantitative estimate of drug-likeness (QED) is 0.561. The molecule has 0 saturated carbocycles. The molecule has 8 nitrogen and oxygen atoms in total. The molecule has 2 bridgehead atoms. The van der Waals surface area contributed by atoms with Crippen LogP contribution in [0.4, 0.5) is 0 Å². The van der Waals surface area contributed by atoms with Crippen molar-refractivity contribution in [2.45, 2.75) is 83.2 Å². The molecule has 174 valence electrons. The number of carboxylic acids is 1. The molecule has 0 aromatic carbocycles. The van der Waals surface area contributed by atoms with Crippen molar-refractivity contribution in [3.63, 3.8) is 0 Å². The maximum atomic E-state index is 14.0. The molecule has 0 aliphatic carbocycles. The number of amides is 2. The second kappa shape index (κ2) is 8.20. The van der Waals surface area contributed by atoms with Crippen molar-refractivity contribution < 1.29 is 29.3 Å². The van der Waals surface area contributed by atoms with E-state index in [1.165, 1.54) is 4.90 Å². The summed E-state index contributed by atoms with van der Waals surface area (Å²) in [5.41, 5.74) is -1.71. The fourth-order valence-electron chi connectivity index (χ4n) is 5.79. The molecule has 3 aliphatic rings. The molecule has 0 radical (unpaired) electrons. The maximum Gasteiger partial charge on any atom is 0.310 e. The summed E-state index contributed by atoms with van der Waals surface area (Å²) in [7, 11) is 0. The first kappa shape index (κ1) is 23.7. The molecule has 8 heteroatoms. The molecule has 3 heterocycles. The van der Waals surface area contributed by atoms with Gasteiger partial charge in [-0.25, -0.2) is 0 Å². The van der Waals surface area contributed by atoms with Crippen LogP contribution in [0, 0.1) is 17.8 Å². The number of likely N-dealkylation sites (tertiary alicyclic amines) is 1. The van der Waals surface area contributed by atoms with Crippen LogP contribution < -0.4 is 0 Å². The molecule has 3 fully saturated rings. The van der Waals surface area contributed by atoms with E-state index in [2.05, 4.69) is 6.58 Å². The summed E-state index contributed by atoms with van der Waals surface area (Å²) in [6, 6.07) is -1.56. The highest BCUT2D eigenvalue weighted by atomic mass is 16.5. The summed E-state index contributed by atoms with van der Waals surface area (Å²) in [6.45, 7) is 13.4. The molecule has 2 N–H and O–H groups in total. The van der Waals surface area contributed by atoms with E-state index in [4.69, 9.17) is 4.74 Å². The summed E-state index contributed by atoms with van der Waals surface area (Å²) < 4.78 is 6.24. The predicted molar refractivity (Wildman–Crippen MR) is 114 cm³/mol. The number of nitrogens with zero attached hydrogens (tertiary/aromatic N) is 2. The number of rotatable bonds is 8. The molecular formula is C23H36N2O6. The highest BCUT2D eigenvalue weighted by Gasteiger charge is 2.75. The van der Waals surface area contributed by atoms with E-state index in [-0.39, 0.29) is 24.3 Å². The van der Waals surface area contributed by atoms with Gasteiger partial charge in [0.25, 0.3) is 0 Å². The van der Waals surface area contributed by atoms with Gasteiger partial charge in [-0.05, 0) is 39.5 Å². The Morgan fingerprint density at radius 3 is 2.55 bits per heavy atom. The molecular weight excluding hydrogens is 400 g/mol. The highest BCUT2D eigenvalue weighted by Crippen LogP contribution is 2.59. The molecule has 3 rings (SSSR count). The zero-order chi connectivity index (χ0) is 23.3. The Bertz CT molecular complexity index is 762. The summed E-state index contributed by atoms with van der Waals surface area (Å²) in [4.78, 5) is 43.0. The van der Waals surface area contributed by atoms with E-state index in [1.54, 1.807) is 11.0 Å². The van der Waals surface area contributed by atoms with Gasteiger partial charge in [0.15, 0.2) is 0 Å². The lowest BCUT2D eigenvalue weighted by Gasteiger charge is -2.44. The zero-order valence-corrected chi connectivity index (χ0v) is 19.2. The van der Waals surface area contributed by atoms with Crippen LogP contribution in [0.1, 0.15) is 53.9 Å². The number of aliphatic carboxylic acids is 1. The second-order valence-electron chi connectivity index (χ2n) is 10.2. The Balaban J connectivity index is 2.16. The van der Waals surface area contributed by atoms with Crippen molar-refractivity contribution in [3.8, 4) is 0 Å². The molecule has 3 saturated heterocycles. The van der Waals surface area contributed by atoms with Gasteiger partial charge in [0.1, 0.15) is 11.6 Å².